The molecule has 0 fully saturated rings. The second kappa shape index (κ2) is 6.17. The van der Waals surface area contributed by atoms with Crippen LogP contribution in [0.5, 0.6) is 0 Å². The van der Waals surface area contributed by atoms with Crippen LogP contribution in [0, 0.1) is 13.8 Å². The third-order valence-electron chi connectivity index (χ3n) is 3.40. The van der Waals surface area contributed by atoms with E-state index in [1.165, 1.54) is 6.07 Å². The average Bonchev–Trinajstić information content (AvgIpc) is 2.71. The van der Waals surface area contributed by atoms with Crippen molar-refractivity contribution >= 4 is 21.6 Å². The number of rotatable bonds is 5. The number of nitrogens with one attached hydrogen (secondary N) is 1. The Bertz CT molecular complexity index is 754. The molecule has 0 saturated carbocycles. The lowest BCUT2D eigenvalue weighted by atomic mass is 10.2. The summed E-state index contributed by atoms with van der Waals surface area (Å²) in [5.41, 5.74) is 2.69. The second-order valence-electron chi connectivity index (χ2n) is 4.72. The van der Waals surface area contributed by atoms with Crippen LogP contribution >= 0.6 is 11.6 Å². The van der Waals surface area contributed by atoms with Gasteiger partial charge < -0.3 is 0 Å². The van der Waals surface area contributed by atoms with E-state index in [1.54, 1.807) is 18.2 Å². The summed E-state index contributed by atoms with van der Waals surface area (Å²) < 4.78 is 29.0. The molecule has 21 heavy (non-hydrogen) atoms. The summed E-state index contributed by atoms with van der Waals surface area (Å²) in [7, 11) is -3.64. The molecule has 0 bridgehead atoms. The van der Waals surface area contributed by atoms with Crippen molar-refractivity contribution in [1.29, 1.82) is 0 Å². The number of hydrogen-bond donors (Lipinski definition) is 1. The Hall–Kier alpha value is -1.37. The highest BCUT2D eigenvalue weighted by atomic mass is 35.5. The maximum absolute atomic E-state index is 12.3. The van der Waals surface area contributed by atoms with E-state index < -0.39 is 10.0 Å². The van der Waals surface area contributed by atoms with Gasteiger partial charge in [0.05, 0.1) is 10.7 Å². The highest BCUT2D eigenvalue weighted by Gasteiger charge is 2.19. The van der Waals surface area contributed by atoms with Gasteiger partial charge >= 0.3 is 0 Å². The van der Waals surface area contributed by atoms with Gasteiger partial charge in [-0.3, -0.25) is 4.68 Å². The predicted octanol–water partition coefficient (Wildman–Crippen LogP) is 2.65. The number of halogens is 1. The Morgan fingerprint density at radius 2 is 1.95 bits per heavy atom. The number of aryl methyl sites for hydroxylation is 2. The van der Waals surface area contributed by atoms with Crippen molar-refractivity contribution in [2.75, 3.05) is 0 Å². The Labute approximate surface area is 130 Å². The van der Waals surface area contributed by atoms with E-state index >= 15 is 0 Å². The maximum atomic E-state index is 12.3. The lowest BCUT2D eigenvalue weighted by molar-refractivity contribution is 0.581. The molecule has 1 N–H and O–H groups in total. The van der Waals surface area contributed by atoms with E-state index in [1.807, 2.05) is 25.5 Å². The molecular weight excluding hydrogens is 310 g/mol. The molecular formula is C14H18ClN3O2S. The number of benzene rings is 1. The van der Waals surface area contributed by atoms with Crippen LogP contribution in [-0.2, 0) is 23.1 Å². The summed E-state index contributed by atoms with van der Waals surface area (Å²) in [4.78, 5) is 0.0878. The molecule has 0 spiro atoms. The molecule has 114 valence electrons. The summed E-state index contributed by atoms with van der Waals surface area (Å²) in [5, 5.41) is 4.59. The molecule has 0 radical (unpaired) electrons. The zero-order chi connectivity index (χ0) is 15.6. The van der Waals surface area contributed by atoms with Crippen LogP contribution in [0.4, 0.5) is 0 Å². The first-order valence-electron chi connectivity index (χ1n) is 6.64. The first-order chi connectivity index (χ1) is 9.86. The fraction of sp³-hybridized carbons (Fsp3) is 0.357. The van der Waals surface area contributed by atoms with Crippen molar-refractivity contribution in [3.8, 4) is 0 Å². The third-order valence-corrected chi connectivity index (χ3v) is 5.30. The van der Waals surface area contributed by atoms with Gasteiger partial charge in [-0.1, -0.05) is 23.7 Å². The monoisotopic (exact) mass is 327 g/mol. The largest absolute Gasteiger partial charge is 0.270 e. The molecule has 0 atom stereocenters. The minimum Gasteiger partial charge on any atom is -0.270 e. The Kier molecular flexibility index (Phi) is 4.70. The molecule has 0 saturated heterocycles. The normalized spacial score (nSPS) is 11.8. The summed E-state index contributed by atoms with van der Waals surface area (Å²) in [5.74, 6) is 0. The highest BCUT2D eigenvalue weighted by molar-refractivity contribution is 7.89. The van der Waals surface area contributed by atoms with Crippen LogP contribution in [0.25, 0.3) is 0 Å². The highest BCUT2D eigenvalue weighted by Crippen LogP contribution is 2.21. The number of nitrogens with zero attached hydrogens (tertiary/aromatic N) is 2. The topological polar surface area (TPSA) is 64.0 Å². The van der Waals surface area contributed by atoms with Gasteiger partial charge in [0.15, 0.2) is 0 Å². The van der Waals surface area contributed by atoms with Crippen molar-refractivity contribution in [3.05, 3.63) is 46.2 Å². The van der Waals surface area contributed by atoms with Gasteiger partial charge in [-0.15, -0.1) is 0 Å². The zero-order valence-electron chi connectivity index (χ0n) is 12.2. The van der Waals surface area contributed by atoms with Crippen LogP contribution < -0.4 is 4.72 Å². The molecule has 0 aliphatic carbocycles. The molecule has 0 aliphatic rings. The molecule has 1 aromatic heterocycles. The van der Waals surface area contributed by atoms with E-state index in [-0.39, 0.29) is 16.5 Å². The van der Waals surface area contributed by atoms with E-state index in [0.29, 0.717) is 0 Å². The molecule has 7 heteroatoms. The number of aromatic nitrogens is 2. The second-order valence-corrected chi connectivity index (χ2v) is 6.86. The van der Waals surface area contributed by atoms with Crippen LogP contribution in [0.1, 0.15) is 23.9 Å². The smallest absolute Gasteiger partial charge is 0.242 e. The van der Waals surface area contributed by atoms with Gasteiger partial charge in [-0.2, -0.15) is 5.10 Å². The standard InChI is InChI=1S/C14H18ClN3O2S/c1-4-18-11(3)12(10(2)17-18)9-16-21(19,20)14-8-6-5-7-13(14)15/h5-8,16H,4,9H2,1-3H3. The zero-order valence-corrected chi connectivity index (χ0v) is 13.8. The van der Waals surface area contributed by atoms with Gasteiger partial charge in [-0.25, -0.2) is 13.1 Å². The minimum absolute atomic E-state index is 0.0878. The van der Waals surface area contributed by atoms with E-state index in [4.69, 9.17) is 11.6 Å². The van der Waals surface area contributed by atoms with Crippen molar-refractivity contribution in [1.82, 2.24) is 14.5 Å². The fourth-order valence-electron chi connectivity index (χ4n) is 2.21. The van der Waals surface area contributed by atoms with Crippen LogP contribution in [0.2, 0.25) is 5.02 Å². The molecule has 2 rings (SSSR count). The Morgan fingerprint density at radius 1 is 1.29 bits per heavy atom. The Balaban J connectivity index is 2.24. The van der Waals surface area contributed by atoms with Crippen molar-refractivity contribution in [2.45, 2.75) is 38.8 Å². The van der Waals surface area contributed by atoms with Gasteiger partial charge in [0.1, 0.15) is 4.90 Å². The van der Waals surface area contributed by atoms with E-state index in [9.17, 15) is 8.42 Å². The summed E-state index contributed by atoms with van der Waals surface area (Å²) in [6, 6.07) is 6.38. The first-order valence-corrected chi connectivity index (χ1v) is 8.50. The van der Waals surface area contributed by atoms with Crippen molar-refractivity contribution in [2.24, 2.45) is 0 Å². The average molecular weight is 328 g/mol. The predicted molar refractivity (Wildman–Crippen MR) is 82.9 cm³/mol. The molecule has 0 unspecified atom stereocenters. The number of sulfonamides is 1. The van der Waals surface area contributed by atoms with Gasteiger partial charge in [0.2, 0.25) is 10.0 Å². The van der Waals surface area contributed by atoms with E-state index in [2.05, 4.69) is 9.82 Å². The fourth-order valence-corrected chi connectivity index (χ4v) is 3.72. The molecule has 1 aromatic carbocycles. The Morgan fingerprint density at radius 3 is 2.52 bits per heavy atom. The number of hydrogen-bond acceptors (Lipinski definition) is 3. The molecule has 5 nitrogen and oxygen atoms in total. The SMILES string of the molecule is CCn1nc(C)c(CNS(=O)(=O)c2ccccc2Cl)c1C. The van der Waals surface area contributed by atoms with Crippen molar-refractivity contribution in [3.63, 3.8) is 0 Å². The van der Waals surface area contributed by atoms with Crippen LogP contribution in [0.15, 0.2) is 29.2 Å². The summed E-state index contributed by atoms with van der Waals surface area (Å²) in [6.07, 6.45) is 0. The van der Waals surface area contributed by atoms with Crippen molar-refractivity contribution < 1.29 is 8.42 Å². The molecule has 1 heterocycles. The lowest BCUT2D eigenvalue weighted by Crippen LogP contribution is -2.24. The summed E-state index contributed by atoms with van der Waals surface area (Å²) >= 11 is 5.94. The first kappa shape index (κ1) is 16.0. The van der Waals surface area contributed by atoms with Crippen LogP contribution in [-0.4, -0.2) is 18.2 Å². The van der Waals surface area contributed by atoms with E-state index in [0.717, 1.165) is 23.5 Å². The van der Waals surface area contributed by atoms with Crippen LogP contribution in [0.3, 0.4) is 0 Å². The van der Waals surface area contributed by atoms with Gasteiger partial charge in [0, 0.05) is 24.3 Å². The lowest BCUT2D eigenvalue weighted by Gasteiger charge is -2.08. The maximum Gasteiger partial charge on any atom is 0.242 e. The van der Waals surface area contributed by atoms with Gasteiger partial charge in [-0.05, 0) is 32.9 Å². The minimum atomic E-state index is -3.64. The molecule has 2 aromatic rings. The molecule has 0 aliphatic heterocycles. The third kappa shape index (κ3) is 3.28. The van der Waals surface area contributed by atoms with Gasteiger partial charge in [0.25, 0.3) is 0 Å². The summed E-state index contributed by atoms with van der Waals surface area (Å²) in [6.45, 7) is 6.76. The quantitative estimate of drug-likeness (QED) is 0.918. The molecule has 0 amide bonds.